The van der Waals surface area contributed by atoms with Crippen molar-refractivity contribution in [2.75, 3.05) is 26.3 Å². The van der Waals surface area contributed by atoms with Gasteiger partial charge in [-0.25, -0.2) is 4.79 Å². The summed E-state index contributed by atoms with van der Waals surface area (Å²) in [7, 11) is 0. The van der Waals surface area contributed by atoms with Crippen LogP contribution in [0.1, 0.15) is 18.4 Å². The van der Waals surface area contributed by atoms with E-state index in [0.29, 0.717) is 32.8 Å². The molecule has 2 fully saturated rings. The Balaban J connectivity index is 1.47. The summed E-state index contributed by atoms with van der Waals surface area (Å²) in [6.07, 6.45) is 4.94. The highest BCUT2D eigenvalue weighted by Crippen LogP contribution is 2.31. The number of urea groups is 1. The van der Waals surface area contributed by atoms with Crippen LogP contribution in [0, 0.1) is 0 Å². The molecule has 6 heteroatoms. The Morgan fingerprint density at radius 2 is 1.90 bits per heavy atom. The maximum absolute atomic E-state index is 12.1. The molecule has 1 spiro atoms. The molecule has 2 amide bonds. The molecule has 0 unspecified atom stereocenters. The molecule has 2 aliphatic rings. The summed E-state index contributed by atoms with van der Waals surface area (Å²) in [5, 5.41) is 2.93. The van der Waals surface area contributed by atoms with E-state index < -0.39 is 5.79 Å². The second kappa shape index (κ2) is 5.76. The topological polar surface area (TPSA) is 63.7 Å². The van der Waals surface area contributed by atoms with E-state index in [-0.39, 0.29) is 6.03 Å². The van der Waals surface area contributed by atoms with Crippen LogP contribution in [-0.4, -0.2) is 48.0 Å². The van der Waals surface area contributed by atoms with E-state index in [0.717, 1.165) is 18.4 Å². The Bertz CT molecular complexity index is 450. The van der Waals surface area contributed by atoms with Crippen LogP contribution in [0.15, 0.2) is 24.5 Å². The average molecular weight is 277 g/mol. The monoisotopic (exact) mass is 277 g/mol. The number of nitrogens with zero attached hydrogens (tertiary/aromatic N) is 2. The normalized spacial score (nSPS) is 21.1. The molecular weight excluding hydrogens is 258 g/mol. The van der Waals surface area contributed by atoms with E-state index in [1.807, 2.05) is 17.0 Å². The van der Waals surface area contributed by atoms with E-state index >= 15 is 0 Å². The molecule has 3 rings (SSSR count). The van der Waals surface area contributed by atoms with Crippen LogP contribution < -0.4 is 5.32 Å². The fourth-order valence-electron chi connectivity index (χ4n) is 2.63. The number of carbonyl (C=O) groups is 1. The summed E-state index contributed by atoms with van der Waals surface area (Å²) in [5.41, 5.74) is 1.05. The first kappa shape index (κ1) is 13.3. The zero-order valence-corrected chi connectivity index (χ0v) is 11.4. The highest BCUT2D eigenvalue weighted by molar-refractivity contribution is 5.74. The van der Waals surface area contributed by atoms with E-state index in [9.17, 15) is 4.79 Å². The SMILES string of the molecule is O=C(NCc1ccncc1)N1CCC2(CC1)OCCO2. The summed E-state index contributed by atoms with van der Waals surface area (Å²) in [4.78, 5) is 17.9. The van der Waals surface area contributed by atoms with Crippen LogP contribution in [0.4, 0.5) is 4.79 Å². The van der Waals surface area contributed by atoms with Crippen LogP contribution in [0.25, 0.3) is 0 Å². The maximum Gasteiger partial charge on any atom is 0.317 e. The molecule has 0 bridgehead atoms. The number of pyridine rings is 1. The first-order chi connectivity index (χ1) is 9.77. The van der Waals surface area contributed by atoms with E-state index in [2.05, 4.69) is 10.3 Å². The Morgan fingerprint density at radius 3 is 2.55 bits per heavy atom. The average Bonchev–Trinajstić information content (AvgIpc) is 2.95. The van der Waals surface area contributed by atoms with Crippen LogP contribution in [-0.2, 0) is 16.0 Å². The van der Waals surface area contributed by atoms with Crippen molar-refractivity contribution in [1.29, 1.82) is 0 Å². The molecule has 3 heterocycles. The lowest BCUT2D eigenvalue weighted by Gasteiger charge is -2.37. The van der Waals surface area contributed by atoms with Crippen molar-refractivity contribution in [2.24, 2.45) is 0 Å². The van der Waals surface area contributed by atoms with Crippen molar-refractivity contribution >= 4 is 6.03 Å². The van der Waals surface area contributed by atoms with Crippen molar-refractivity contribution in [1.82, 2.24) is 15.2 Å². The number of aromatic nitrogens is 1. The standard InChI is InChI=1S/C14H19N3O3/c18-13(16-11-12-1-5-15-6-2-12)17-7-3-14(4-8-17)19-9-10-20-14/h1-2,5-6H,3-4,7-11H2,(H,16,18). The smallest absolute Gasteiger partial charge is 0.317 e. The van der Waals surface area contributed by atoms with Crippen molar-refractivity contribution < 1.29 is 14.3 Å². The number of nitrogens with one attached hydrogen (secondary N) is 1. The summed E-state index contributed by atoms with van der Waals surface area (Å²) >= 11 is 0. The third-order valence-corrected chi connectivity index (χ3v) is 3.82. The summed E-state index contributed by atoms with van der Waals surface area (Å²) in [6, 6.07) is 3.76. The maximum atomic E-state index is 12.1. The summed E-state index contributed by atoms with van der Waals surface area (Å²) in [6.45, 7) is 3.18. The molecule has 108 valence electrons. The third kappa shape index (κ3) is 2.91. The highest BCUT2D eigenvalue weighted by atomic mass is 16.7. The Kier molecular flexibility index (Phi) is 3.84. The number of hydrogen-bond acceptors (Lipinski definition) is 4. The van der Waals surface area contributed by atoms with Crippen molar-refractivity contribution in [2.45, 2.75) is 25.2 Å². The van der Waals surface area contributed by atoms with Crippen LogP contribution in [0.3, 0.4) is 0 Å². The third-order valence-electron chi connectivity index (χ3n) is 3.82. The minimum atomic E-state index is -0.429. The molecule has 2 saturated heterocycles. The predicted octanol–water partition coefficient (Wildman–Crippen LogP) is 1.13. The number of amides is 2. The molecule has 2 aliphatic heterocycles. The van der Waals surface area contributed by atoms with Crippen molar-refractivity contribution in [3.8, 4) is 0 Å². The number of hydrogen-bond donors (Lipinski definition) is 1. The lowest BCUT2D eigenvalue weighted by molar-refractivity contribution is -0.181. The fraction of sp³-hybridized carbons (Fsp3) is 0.571. The van der Waals surface area contributed by atoms with Gasteiger partial charge in [0.1, 0.15) is 0 Å². The van der Waals surface area contributed by atoms with Gasteiger partial charge in [-0.3, -0.25) is 4.98 Å². The lowest BCUT2D eigenvalue weighted by atomic mass is 10.0. The van der Waals surface area contributed by atoms with Gasteiger partial charge in [0.25, 0.3) is 0 Å². The van der Waals surface area contributed by atoms with Gasteiger partial charge < -0.3 is 19.7 Å². The summed E-state index contributed by atoms with van der Waals surface area (Å²) < 4.78 is 11.3. The van der Waals surface area contributed by atoms with Crippen LogP contribution in [0.2, 0.25) is 0 Å². The highest BCUT2D eigenvalue weighted by Gasteiger charge is 2.40. The first-order valence-corrected chi connectivity index (χ1v) is 6.97. The quantitative estimate of drug-likeness (QED) is 0.880. The zero-order valence-electron chi connectivity index (χ0n) is 11.4. The van der Waals surface area contributed by atoms with Gasteiger partial charge in [0.15, 0.2) is 5.79 Å². The molecule has 0 aromatic carbocycles. The number of ether oxygens (including phenoxy) is 2. The van der Waals surface area contributed by atoms with Gasteiger partial charge in [-0.2, -0.15) is 0 Å². The second-order valence-corrected chi connectivity index (χ2v) is 5.11. The number of rotatable bonds is 2. The van der Waals surface area contributed by atoms with Gasteiger partial charge in [-0.1, -0.05) is 0 Å². The van der Waals surface area contributed by atoms with Gasteiger partial charge in [0.2, 0.25) is 0 Å². The summed E-state index contributed by atoms with van der Waals surface area (Å²) in [5.74, 6) is -0.429. The molecule has 0 radical (unpaired) electrons. The van der Waals surface area contributed by atoms with Crippen LogP contribution in [0.5, 0.6) is 0 Å². The molecule has 1 aromatic rings. The minimum Gasteiger partial charge on any atom is -0.347 e. The van der Waals surface area contributed by atoms with E-state index in [4.69, 9.17) is 9.47 Å². The molecule has 0 atom stereocenters. The van der Waals surface area contributed by atoms with Gasteiger partial charge in [0.05, 0.1) is 13.2 Å². The predicted molar refractivity (Wildman–Crippen MR) is 71.9 cm³/mol. The largest absolute Gasteiger partial charge is 0.347 e. The van der Waals surface area contributed by atoms with Gasteiger partial charge >= 0.3 is 6.03 Å². The van der Waals surface area contributed by atoms with Crippen molar-refractivity contribution in [3.63, 3.8) is 0 Å². The molecule has 0 aliphatic carbocycles. The second-order valence-electron chi connectivity index (χ2n) is 5.11. The van der Waals surface area contributed by atoms with Crippen molar-refractivity contribution in [3.05, 3.63) is 30.1 Å². The molecule has 20 heavy (non-hydrogen) atoms. The molecule has 1 aromatic heterocycles. The molecular formula is C14H19N3O3. The minimum absolute atomic E-state index is 0.0327. The molecule has 0 saturated carbocycles. The first-order valence-electron chi connectivity index (χ1n) is 6.97. The molecule has 6 nitrogen and oxygen atoms in total. The Hall–Kier alpha value is -1.66. The fourth-order valence-corrected chi connectivity index (χ4v) is 2.63. The lowest BCUT2D eigenvalue weighted by Crippen LogP contribution is -2.50. The van der Waals surface area contributed by atoms with E-state index in [1.54, 1.807) is 12.4 Å². The Morgan fingerprint density at radius 1 is 1.25 bits per heavy atom. The van der Waals surface area contributed by atoms with Gasteiger partial charge in [0, 0.05) is 44.9 Å². The van der Waals surface area contributed by atoms with E-state index in [1.165, 1.54) is 0 Å². The number of carbonyl (C=O) groups excluding carboxylic acids is 1. The number of piperidine rings is 1. The molecule has 1 N–H and O–H groups in total. The van der Waals surface area contributed by atoms with Gasteiger partial charge in [-0.05, 0) is 17.7 Å². The Labute approximate surface area is 118 Å². The van der Waals surface area contributed by atoms with Gasteiger partial charge in [-0.15, -0.1) is 0 Å². The van der Waals surface area contributed by atoms with Crippen LogP contribution >= 0.6 is 0 Å². The zero-order chi connectivity index (χ0) is 13.8. The number of likely N-dealkylation sites (tertiary alicyclic amines) is 1.